The largest absolute Gasteiger partial charge is 0.497 e. The number of urea groups is 1. The molecule has 2 aromatic carbocycles. The summed E-state index contributed by atoms with van der Waals surface area (Å²) in [6, 6.07) is 11.6. The van der Waals surface area contributed by atoms with Crippen LogP contribution >= 0.6 is 0 Å². The van der Waals surface area contributed by atoms with E-state index in [0.29, 0.717) is 36.9 Å². The van der Waals surface area contributed by atoms with Gasteiger partial charge in [-0.1, -0.05) is 12.1 Å². The fourth-order valence-corrected chi connectivity index (χ4v) is 2.90. The molecule has 154 valence electrons. The van der Waals surface area contributed by atoms with Gasteiger partial charge in [0.15, 0.2) is 11.5 Å². The Morgan fingerprint density at radius 1 is 1.14 bits per heavy atom. The van der Waals surface area contributed by atoms with Crippen LogP contribution in [0, 0.1) is 0 Å². The normalized spacial score (nSPS) is 13.5. The number of benzene rings is 2. The molecule has 29 heavy (non-hydrogen) atoms. The quantitative estimate of drug-likeness (QED) is 0.776. The first kappa shape index (κ1) is 20.5. The van der Waals surface area contributed by atoms with Crippen LogP contribution in [0.3, 0.4) is 0 Å². The molecule has 8 heteroatoms. The number of fused-ring (bicyclic) bond motifs is 1. The van der Waals surface area contributed by atoms with E-state index in [0.717, 1.165) is 11.3 Å². The molecular formula is C21H25N3O5. The van der Waals surface area contributed by atoms with Gasteiger partial charge in [0.2, 0.25) is 5.91 Å². The van der Waals surface area contributed by atoms with Crippen molar-refractivity contribution in [2.75, 3.05) is 32.7 Å². The number of ether oxygens (including phenoxy) is 3. The number of imide groups is 1. The molecule has 8 nitrogen and oxygen atoms in total. The third-order valence-electron chi connectivity index (χ3n) is 4.64. The van der Waals surface area contributed by atoms with Gasteiger partial charge in [0, 0.05) is 18.3 Å². The third kappa shape index (κ3) is 5.39. The predicted molar refractivity (Wildman–Crippen MR) is 109 cm³/mol. The molecule has 0 saturated heterocycles. The first-order chi connectivity index (χ1) is 14.0. The Morgan fingerprint density at radius 2 is 1.90 bits per heavy atom. The smallest absolute Gasteiger partial charge is 0.325 e. The second-order valence-electron chi connectivity index (χ2n) is 6.74. The van der Waals surface area contributed by atoms with Gasteiger partial charge in [-0.15, -0.1) is 0 Å². The van der Waals surface area contributed by atoms with E-state index in [9.17, 15) is 9.59 Å². The van der Waals surface area contributed by atoms with Crippen LogP contribution in [0.25, 0.3) is 0 Å². The Bertz CT molecular complexity index is 886. The second-order valence-corrected chi connectivity index (χ2v) is 6.74. The summed E-state index contributed by atoms with van der Waals surface area (Å²) in [6.45, 7) is 3.23. The molecule has 1 atom stereocenters. The summed E-state index contributed by atoms with van der Waals surface area (Å²) in [5.74, 6) is 1.55. The van der Waals surface area contributed by atoms with E-state index in [1.165, 1.54) is 0 Å². The van der Waals surface area contributed by atoms with Crippen molar-refractivity contribution < 1.29 is 23.8 Å². The number of carbonyl (C=O) groups excluding carboxylic acids is 2. The van der Waals surface area contributed by atoms with E-state index in [2.05, 4.69) is 10.6 Å². The number of hydrogen-bond acceptors (Lipinski definition) is 6. The molecule has 0 fully saturated rings. The Kier molecular flexibility index (Phi) is 6.56. The molecule has 0 unspecified atom stereocenters. The molecule has 0 radical (unpaired) electrons. The number of nitrogens with zero attached hydrogens (tertiary/aromatic N) is 1. The first-order valence-corrected chi connectivity index (χ1v) is 9.31. The molecule has 0 saturated carbocycles. The fourth-order valence-electron chi connectivity index (χ4n) is 2.90. The van der Waals surface area contributed by atoms with Crippen LogP contribution in [0.5, 0.6) is 17.2 Å². The molecule has 0 bridgehead atoms. The van der Waals surface area contributed by atoms with E-state index in [-0.39, 0.29) is 0 Å². The summed E-state index contributed by atoms with van der Waals surface area (Å²) in [5, 5.41) is 5.01. The Morgan fingerprint density at radius 3 is 2.66 bits per heavy atom. The number of anilines is 1. The lowest BCUT2D eigenvalue weighted by Gasteiger charge is -2.24. The topological polar surface area (TPSA) is 89.1 Å². The highest BCUT2D eigenvalue weighted by Gasteiger charge is 2.21. The highest BCUT2D eigenvalue weighted by atomic mass is 16.6. The van der Waals surface area contributed by atoms with E-state index in [1.54, 1.807) is 32.2 Å². The third-order valence-corrected chi connectivity index (χ3v) is 4.64. The van der Waals surface area contributed by atoms with E-state index in [4.69, 9.17) is 14.2 Å². The van der Waals surface area contributed by atoms with E-state index in [1.807, 2.05) is 36.2 Å². The molecule has 2 N–H and O–H groups in total. The minimum absolute atomic E-state index is 0.398. The van der Waals surface area contributed by atoms with Crippen molar-refractivity contribution in [1.29, 1.82) is 0 Å². The van der Waals surface area contributed by atoms with Crippen molar-refractivity contribution >= 4 is 17.6 Å². The van der Waals surface area contributed by atoms with Gasteiger partial charge in [0.25, 0.3) is 0 Å². The molecule has 0 aliphatic carbocycles. The summed E-state index contributed by atoms with van der Waals surface area (Å²) >= 11 is 0. The second kappa shape index (κ2) is 9.29. The molecule has 0 spiro atoms. The van der Waals surface area contributed by atoms with Crippen LogP contribution in [0.2, 0.25) is 0 Å². The summed E-state index contributed by atoms with van der Waals surface area (Å²) in [6.07, 6.45) is 0. The number of methoxy groups -OCH3 is 1. The van der Waals surface area contributed by atoms with Gasteiger partial charge in [-0.3, -0.25) is 15.0 Å². The van der Waals surface area contributed by atoms with Crippen molar-refractivity contribution in [3.8, 4) is 17.2 Å². The Hall–Kier alpha value is -3.26. The summed E-state index contributed by atoms with van der Waals surface area (Å²) < 4.78 is 16.2. The van der Waals surface area contributed by atoms with Crippen molar-refractivity contribution in [2.24, 2.45) is 0 Å². The zero-order chi connectivity index (χ0) is 20.8. The molecule has 3 rings (SSSR count). The zero-order valence-corrected chi connectivity index (χ0v) is 16.7. The molecular weight excluding hydrogens is 374 g/mol. The Balaban J connectivity index is 1.53. The van der Waals surface area contributed by atoms with Gasteiger partial charge >= 0.3 is 6.03 Å². The maximum atomic E-state index is 12.4. The molecule has 1 aliphatic rings. The summed E-state index contributed by atoms with van der Waals surface area (Å²) in [5.41, 5.74) is 1.52. The number of amides is 3. The van der Waals surface area contributed by atoms with E-state index < -0.39 is 18.0 Å². The van der Waals surface area contributed by atoms with Crippen molar-refractivity contribution in [1.82, 2.24) is 10.2 Å². The van der Waals surface area contributed by atoms with Crippen LogP contribution in [0.4, 0.5) is 10.5 Å². The lowest BCUT2D eigenvalue weighted by molar-refractivity contribution is -0.124. The lowest BCUT2D eigenvalue weighted by atomic mass is 10.2. The van der Waals surface area contributed by atoms with E-state index >= 15 is 0 Å². The van der Waals surface area contributed by atoms with Crippen molar-refractivity contribution in [3.63, 3.8) is 0 Å². The van der Waals surface area contributed by atoms with Gasteiger partial charge in [-0.25, -0.2) is 4.79 Å². The fraction of sp³-hybridized carbons (Fsp3) is 0.333. The van der Waals surface area contributed by atoms with Crippen LogP contribution in [-0.4, -0.2) is 50.3 Å². The monoisotopic (exact) mass is 399 g/mol. The van der Waals surface area contributed by atoms with Gasteiger partial charge in [-0.2, -0.15) is 0 Å². The molecule has 2 aromatic rings. The number of hydrogen-bond donors (Lipinski definition) is 2. The van der Waals surface area contributed by atoms with Crippen molar-refractivity contribution in [3.05, 3.63) is 48.0 Å². The predicted octanol–water partition coefficient (Wildman–Crippen LogP) is 2.64. The maximum absolute atomic E-state index is 12.4. The van der Waals surface area contributed by atoms with Gasteiger partial charge < -0.3 is 19.5 Å². The molecule has 0 aromatic heterocycles. The first-order valence-electron chi connectivity index (χ1n) is 9.31. The average Bonchev–Trinajstić information content (AvgIpc) is 2.73. The van der Waals surface area contributed by atoms with Gasteiger partial charge in [0.1, 0.15) is 19.0 Å². The molecule has 1 aliphatic heterocycles. The zero-order valence-electron chi connectivity index (χ0n) is 16.7. The number of likely N-dealkylation sites (N-methyl/N-ethyl adjacent to an activating group) is 1. The Labute approximate surface area is 169 Å². The van der Waals surface area contributed by atoms with Crippen molar-refractivity contribution in [2.45, 2.75) is 19.5 Å². The van der Waals surface area contributed by atoms with Gasteiger partial charge in [-0.05, 0) is 43.8 Å². The molecule has 1 heterocycles. The lowest BCUT2D eigenvalue weighted by Crippen LogP contribution is -2.46. The van der Waals surface area contributed by atoms with Crippen LogP contribution in [0.1, 0.15) is 12.5 Å². The SMILES string of the molecule is COc1cccc(CN(C)[C@@H](C)C(=O)NC(=O)Nc2ccc3c(c2)OCCO3)c1. The van der Waals surface area contributed by atoms with Gasteiger partial charge in [0.05, 0.1) is 13.2 Å². The highest BCUT2D eigenvalue weighted by Crippen LogP contribution is 2.32. The number of nitrogens with one attached hydrogen (secondary N) is 2. The maximum Gasteiger partial charge on any atom is 0.325 e. The standard InChI is InChI=1S/C21H25N3O5/c1-14(24(2)13-15-5-4-6-17(11-15)27-3)20(25)23-21(26)22-16-7-8-18-19(12-16)29-10-9-28-18/h4-8,11-12,14H,9-10,13H2,1-3H3,(H2,22,23,25,26)/t14-/m0/s1. The van der Waals surface area contributed by atoms with Crippen LogP contribution < -0.4 is 24.8 Å². The average molecular weight is 399 g/mol. The highest BCUT2D eigenvalue weighted by molar-refractivity contribution is 6.02. The molecule has 3 amide bonds. The number of rotatable bonds is 6. The van der Waals surface area contributed by atoms with Crippen LogP contribution in [-0.2, 0) is 11.3 Å². The minimum atomic E-state index is -0.603. The number of carbonyl (C=O) groups is 2. The summed E-state index contributed by atoms with van der Waals surface area (Å²) in [7, 11) is 3.43. The minimum Gasteiger partial charge on any atom is -0.497 e. The summed E-state index contributed by atoms with van der Waals surface area (Å²) in [4.78, 5) is 26.5. The van der Waals surface area contributed by atoms with Crippen LogP contribution in [0.15, 0.2) is 42.5 Å².